The molecule has 0 bridgehead atoms. The summed E-state index contributed by atoms with van der Waals surface area (Å²) in [5, 5.41) is 9.50. The second-order valence-electron chi connectivity index (χ2n) is 7.40. The standard InChI is InChI=1S/C17H8F19NO.2ClH.Ti/c1-6-3-2-4-7(8(6)38)5-37-17(35,36)15(30,31)13(26,27)11(22,23)9(18,19)10(20,21)12(24,25)14(28,29)16(32,33)34;;;/h2-5,38H,1H3;2*1H;/q;;;+2/p-2/b37-5+;;;. The zero-order valence-corrected chi connectivity index (χ0v) is 21.7. The minimum atomic E-state index is -8.99. The number of nitrogens with zero attached hydrogens (tertiary/aromatic N) is 1. The van der Waals surface area contributed by atoms with Crippen LogP contribution in [0.3, 0.4) is 0 Å². The van der Waals surface area contributed by atoms with Crippen LogP contribution >= 0.6 is 18.6 Å². The molecule has 0 aromatic heterocycles. The van der Waals surface area contributed by atoms with E-state index in [1.807, 2.05) is 0 Å². The first-order valence-electron chi connectivity index (χ1n) is 9.21. The number of phenols is 1. The van der Waals surface area contributed by atoms with Gasteiger partial charge in [0.05, 0.1) is 0 Å². The molecule has 0 aliphatic heterocycles. The maximum absolute atomic E-state index is 13.7. The van der Waals surface area contributed by atoms with Gasteiger partial charge in [-0.05, 0) is 18.6 Å². The van der Waals surface area contributed by atoms with Crippen LogP contribution in [0.2, 0.25) is 0 Å². The summed E-state index contributed by atoms with van der Waals surface area (Å²) >= 11 is -0.556. The summed E-state index contributed by atoms with van der Waals surface area (Å²) in [7, 11) is 9.78. The molecule has 1 aromatic carbocycles. The normalized spacial score (nSPS) is 15.1. The summed E-state index contributed by atoms with van der Waals surface area (Å²) < 4.78 is 251. The van der Waals surface area contributed by atoms with Crippen molar-refractivity contribution in [1.29, 1.82) is 0 Å². The van der Waals surface area contributed by atoms with Gasteiger partial charge in [0.15, 0.2) is 0 Å². The molecule has 0 fully saturated rings. The number of alkyl halides is 19. The summed E-state index contributed by atoms with van der Waals surface area (Å²) in [4.78, 5) is 1.41. The van der Waals surface area contributed by atoms with Crippen molar-refractivity contribution >= 4 is 24.8 Å². The van der Waals surface area contributed by atoms with E-state index in [1.165, 1.54) is 4.99 Å². The fourth-order valence-corrected chi connectivity index (χ4v) is 2.37. The van der Waals surface area contributed by atoms with Crippen LogP contribution < -0.4 is 0 Å². The van der Waals surface area contributed by atoms with Gasteiger partial charge in [-0.1, -0.05) is 12.1 Å². The van der Waals surface area contributed by atoms with Crippen molar-refractivity contribution in [3.8, 4) is 5.75 Å². The molecule has 0 aliphatic carbocycles. The van der Waals surface area contributed by atoms with E-state index in [0.717, 1.165) is 19.1 Å². The maximum atomic E-state index is 13.7. The summed E-state index contributed by atoms with van der Waals surface area (Å²) in [5.74, 6) is -61.6. The number of para-hydroxylation sites is 1. The van der Waals surface area contributed by atoms with Gasteiger partial charge in [0.25, 0.3) is 0 Å². The van der Waals surface area contributed by atoms with Crippen LogP contribution in [0.1, 0.15) is 11.1 Å². The van der Waals surface area contributed by atoms with E-state index in [0.29, 0.717) is 6.07 Å². The molecule has 0 radical (unpaired) electrons. The third kappa shape index (κ3) is 6.32. The number of halogens is 21. The van der Waals surface area contributed by atoms with Crippen molar-refractivity contribution in [3.63, 3.8) is 0 Å². The molecule has 24 heteroatoms. The van der Waals surface area contributed by atoms with E-state index in [1.54, 1.807) is 0 Å². The van der Waals surface area contributed by atoms with Gasteiger partial charge in [-0.2, -0.15) is 83.4 Å². The van der Waals surface area contributed by atoms with Crippen molar-refractivity contribution in [3.05, 3.63) is 29.3 Å². The Kier molecular flexibility index (Phi) is 11.6. The Bertz CT molecular complexity index is 1090. The fourth-order valence-electron chi connectivity index (χ4n) is 2.37. The quantitative estimate of drug-likeness (QED) is 0.117. The van der Waals surface area contributed by atoms with Crippen LogP contribution in [0.5, 0.6) is 5.75 Å². The number of aromatic hydroxyl groups is 1. The molecule has 1 rings (SSSR count). The summed E-state index contributed by atoms with van der Waals surface area (Å²) in [5.41, 5.74) is -1.25. The first kappa shape index (κ1) is 39.7. The van der Waals surface area contributed by atoms with Gasteiger partial charge in [0.1, 0.15) is 5.75 Å². The number of rotatable bonds is 9. The number of aliphatic imine (C=N–C) groups is 1. The average Bonchev–Trinajstić information content (AvgIpc) is 2.78. The van der Waals surface area contributed by atoms with E-state index in [-0.39, 0.29) is 5.56 Å². The third-order valence-electron chi connectivity index (χ3n) is 4.73. The van der Waals surface area contributed by atoms with Gasteiger partial charge >= 0.3 is 89.3 Å². The van der Waals surface area contributed by atoms with Crippen LogP contribution in [0.4, 0.5) is 83.4 Å². The van der Waals surface area contributed by atoms with Crippen LogP contribution in [-0.4, -0.2) is 65.0 Å². The Morgan fingerprint density at radius 3 is 1.27 bits per heavy atom. The first-order valence-corrected chi connectivity index (χ1v) is 13.5. The number of hydrogen-bond acceptors (Lipinski definition) is 2. The molecule has 238 valence electrons. The topological polar surface area (TPSA) is 32.6 Å². The Hall–Kier alpha value is -1.35. The zero-order chi connectivity index (χ0) is 33.5. The Labute approximate surface area is 231 Å². The number of aryl methyl sites for hydroxylation is 1. The van der Waals surface area contributed by atoms with Gasteiger partial charge in [-0.15, -0.1) is 0 Å². The second kappa shape index (κ2) is 12.0. The molecular formula is C17H8Cl2F19NOTi. The predicted molar refractivity (Wildman–Crippen MR) is 97.8 cm³/mol. The summed E-state index contributed by atoms with van der Waals surface area (Å²) in [6, 6.07) is -4.55. The van der Waals surface area contributed by atoms with Gasteiger partial charge in [-0.25, -0.2) is 4.99 Å². The molecule has 1 N–H and O–H groups in total. The van der Waals surface area contributed by atoms with Crippen molar-refractivity contribution < 1.29 is 106 Å². The van der Waals surface area contributed by atoms with Gasteiger partial charge < -0.3 is 5.11 Å². The summed E-state index contributed by atoms with van der Waals surface area (Å²) in [6.07, 6.45) is -8.55. The third-order valence-corrected chi connectivity index (χ3v) is 4.73. The molecule has 0 heterocycles. The molecule has 0 amide bonds. The van der Waals surface area contributed by atoms with Crippen LogP contribution in [0.15, 0.2) is 23.2 Å². The van der Waals surface area contributed by atoms with Crippen molar-refractivity contribution in [2.45, 2.75) is 60.6 Å². The molecule has 0 saturated carbocycles. The number of benzene rings is 1. The molecule has 0 saturated heterocycles. The van der Waals surface area contributed by atoms with E-state index < -0.39 is 88.2 Å². The molecule has 1 aromatic rings. The molecule has 41 heavy (non-hydrogen) atoms. The number of hydrogen-bond donors (Lipinski definition) is 1. The van der Waals surface area contributed by atoms with Crippen LogP contribution in [0.25, 0.3) is 0 Å². The van der Waals surface area contributed by atoms with Crippen molar-refractivity contribution in [2.24, 2.45) is 4.99 Å². The van der Waals surface area contributed by atoms with E-state index in [9.17, 15) is 88.5 Å². The van der Waals surface area contributed by atoms with Crippen LogP contribution in [0, 0.1) is 6.92 Å². The molecule has 2 nitrogen and oxygen atoms in total. The monoisotopic (exact) mass is 721 g/mol. The summed E-state index contributed by atoms with van der Waals surface area (Å²) in [6.45, 7) is 1.04. The Morgan fingerprint density at radius 2 is 0.927 bits per heavy atom. The average molecular weight is 722 g/mol. The Balaban J connectivity index is 0.00000509. The zero-order valence-electron chi connectivity index (χ0n) is 18.6. The molecular weight excluding hydrogens is 714 g/mol. The number of phenolic OH excluding ortho intramolecular Hbond substituents is 1. The van der Waals surface area contributed by atoms with Crippen molar-refractivity contribution in [2.75, 3.05) is 0 Å². The van der Waals surface area contributed by atoms with Gasteiger partial charge in [0.2, 0.25) is 0 Å². The van der Waals surface area contributed by atoms with Crippen molar-refractivity contribution in [1.82, 2.24) is 0 Å². The molecule has 0 atom stereocenters. The molecule has 0 aliphatic rings. The molecule has 0 unspecified atom stereocenters. The van der Waals surface area contributed by atoms with Crippen LogP contribution in [-0.2, 0) is 17.0 Å². The second-order valence-corrected chi connectivity index (χ2v) is 9.98. The minimum absolute atomic E-state index is 0.223. The Morgan fingerprint density at radius 1 is 0.610 bits per heavy atom. The van der Waals surface area contributed by atoms with Gasteiger partial charge in [-0.3, -0.25) is 0 Å². The first-order chi connectivity index (χ1) is 17.8. The predicted octanol–water partition coefficient (Wildman–Crippen LogP) is 9.10. The van der Waals surface area contributed by atoms with E-state index in [4.69, 9.17) is 18.6 Å². The van der Waals surface area contributed by atoms with E-state index >= 15 is 0 Å². The van der Waals surface area contributed by atoms with E-state index in [2.05, 4.69) is 0 Å². The van der Waals surface area contributed by atoms with Gasteiger partial charge in [0, 0.05) is 11.8 Å². The molecule has 0 spiro atoms. The SMILES string of the molecule is Cc1cccc(/C=N/C(F)(F)C(F)(F)C(F)(F)C(F)(F)C(F)(F)C(F)(F)C(F)(F)C(F)(F)C(F)(F)F)c1O.[Cl][Ti][Cl]. The fraction of sp³-hybridized carbons (Fsp3) is 0.588.